The first-order valence-corrected chi connectivity index (χ1v) is 8.94. The van der Waals surface area contributed by atoms with Gasteiger partial charge in [0.25, 0.3) is 0 Å². The second kappa shape index (κ2) is 11.9. The standard InChI is InChI=1S/C20H28N4O2/c1-3-26-14-6-13-22-20(24-16-18-7-4-5-12-21-18)23-15-17-8-10-19(25-2)11-9-17/h4-5,7-12H,3,6,13-16H2,1-2H3,(H2,22,23,24). The maximum Gasteiger partial charge on any atom is 0.191 e. The van der Waals surface area contributed by atoms with Gasteiger partial charge in [-0.3, -0.25) is 4.98 Å². The van der Waals surface area contributed by atoms with Crippen LogP contribution >= 0.6 is 0 Å². The van der Waals surface area contributed by atoms with E-state index in [1.807, 2.05) is 49.4 Å². The van der Waals surface area contributed by atoms with Crippen LogP contribution < -0.4 is 15.4 Å². The van der Waals surface area contributed by atoms with Crippen LogP contribution in [0.4, 0.5) is 0 Å². The summed E-state index contributed by atoms with van der Waals surface area (Å²) < 4.78 is 10.6. The molecule has 0 atom stereocenters. The Morgan fingerprint density at radius 3 is 2.65 bits per heavy atom. The predicted octanol–water partition coefficient (Wildman–Crippen LogP) is 2.75. The molecule has 6 heteroatoms. The SMILES string of the molecule is CCOCCCNC(=NCc1ccc(OC)cc1)NCc1ccccn1. The van der Waals surface area contributed by atoms with Gasteiger partial charge in [0.15, 0.2) is 5.96 Å². The number of pyridine rings is 1. The number of rotatable bonds is 10. The number of benzene rings is 1. The second-order valence-corrected chi connectivity index (χ2v) is 5.66. The minimum atomic E-state index is 0.590. The number of nitrogens with zero attached hydrogens (tertiary/aromatic N) is 2. The molecule has 2 N–H and O–H groups in total. The van der Waals surface area contributed by atoms with E-state index in [0.717, 1.165) is 49.1 Å². The molecule has 0 bridgehead atoms. The maximum absolute atomic E-state index is 5.37. The average molecular weight is 356 g/mol. The maximum atomic E-state index is 5.37. The van der Waals surface area contributed by atoms with Crippen molar-refractivity contribution in [3.8, 4) is 5.75 Å². The Morgan fingerprint density at radius 1 is 1.12 bits per heavy atom. The van der Waals surface area contributed by atoms with Crippen molar-refractivity contribution in [3.63, 3.8) is 0 Å². The van der Waals surface area contributed by atoms with Crippen LogP contribution in [0.3, 0.4) is 0 Å². The molecule has 0 radical (unpaired) electrons. The molecule has 0 saturated heterocycles. The highest BCUT2D eigenvalue weighted by Gasteiger charge is 2.01. The number of methoxy groups -OCH3 is 1. The van der Waals surface area contributed by atoms with E-state index in [9.17, 15) is 0 Å². The third kappa shape index (κ3) is 7.53. The third-order valence-electron chi connectivity index (χ3n) is 3.70. The Bertz CT molecular complexity index is 645. The Kier molecular flexibility index (Phi) is 9.00. The van der Waals surface area contributed by atoms with Crippen LogP contribution in [-0.4, -0.2) is 37.8 Å². The molecule has 0 aliphatic rings. The lowest BCUT2D eigenvalue weighted by Crippen LogP contribution is -2.38. The summed E-state index contributed by atoms with van der Waals surface area (Å²) in [5.74, 6) is 1.61. The van der Waals surface area contributed by atoms with Crippen LogP contribution in [0.5, 0.6) is 5.75 Å². The van der Waals surface area contributed by atoms with E-state index in [2.05, 4.69) is 20.6 Å². The van der Waals surface area contributed by atoms with E-state index in [1.54, 1.807) is 13.3 Å². The third-order valence-corrected chi connectivity index (χ3v) is 3.70. The largest absolute Gasteiger partial charge is 0.497 e. The van der Waals surface area contributed by atoms with Gasteiger partial charge in [0.2, 0.25) is 0 Å². The Morgan fingerprint density at radius 2 is 1.96 bits per heavy atom. The van der Waals surface area contributed by atoms with E-state index >= 15 is 0 Å². The highest BCUT2D eigenvalue weighted by atomic mass is 16.5. The fourth-order valence-electron chi connectivity index (χ4n) is 2.28. The summed E-state index contributed by atoms with van der Waals surface area (Å²) in [5.41, 5.74) is 2.10. The van der Waals surface area contributed by atoms with Crippen LogP contribution in [0.25, 0.3) is 0 Å². The van der Waals surface area contributed by atoms with Crippen LogP contribution in [0.15, 0.2) is 53.7 Å². The van der Waals surface area contributed by atoms with Gasteiger partial charge >= 0.3 is 0 Å². The second-order valence-electron chi connectivity index (χ2n) is 5.66. The average Bonchev–Trinajstić information content (AvgIpc) is 2.70. The molecule has 1 heterocycles. The van der Waals surface area contributed by atoms with Gasteiger partial charge in [-0.25, -0.2) is 4.99 Å². The van der Waals surface area contributed by atoms with Gasteiger partial charge in [-0.1, -0.05) is 18.2 Å². The molecule has 0 aliphatic heterocycles. The highest BCUT2D eigenvalue weighted by Crippen LogP contribution is 2.11. The lowest BCUT2D eigenvalue weighted by atomic mass is 10.2. The van der Waals surface area contributed by atoms with Crippen molar-refractivity contribution in [2.75, 3.05) is 26.9 Å². The number of hydrogen-bond donors (Lipinski definition) is 2. The molecule has 1 aromatic heterocycles. The van der Waals surface area contributed by atoms with Crippen LogP contribution in [0.2, 0.25) is 0 Å². The van der Waals surface area contributed by atoms with Gasteiger partial charge in [0.1, 0.15) is 5.75 Å². The Hall–Kier alpha value is -2.60. The first-order valence-electron chi connectivity index (χ1n) is 8.94. The molecule has 2 aromatic rings. The zero-order valence-electron chi connectivity index (χ0n) is 15.6. The molecule has 26 heavy (non-hydrogen) atoms. The minimum Gasteiger partial charge on any atom is -0.497 e. The topological polar surface area (TPSA) is 67.8 Å². The van der Waals surface area contributed by atoms with Crippen molar-refractivity contribution in [2.24, 2.45) is 4.99 Å². The summed E-state index contributed by atoms with van der Waals surface area (Å²) in [6.07, 6.45) is 2.72. The number of ether oxygens (including phenoxy) is 2. The van der Waals surface area contributed by atoms with Crippen molar-refractivity contribution in [2.45, 2.75) is 26.4 Å². The molecular weight excluding hydrogens is 328 g/mol. The lowest BCUT2D eigenvalue weighted by Gasteiger charge is -2.12. The molecule has 1 aromatic carbocycles. The monoisotopic (exact) mass is 356 g/mol. The molecule has 0 saturated carbocycles. The van der Waals surface area contributed by atoms with E-state index < -0.39 is 0 Å². The molecule has 0 amide bonds. The molecular formula is C20H28N4O2. The fraction of sp³-hybridized carbons (Fsp3) is 0.400. The van der Waals surface area contributed by atoms with E-state index in [1.165, 1.54) is 0 Å². The van der Waals surface area contributed by atoms with Crippen molar-refractivity contribution in [3.05, 3.63) is 59.9 Å². The summed E-state index contributed by atoms with van der Waals surface area (Å²) in [7, 11) is 1.67. The number of aliphatic imine (C=N–C) groups is 1. The van der Waals surface area contributed by atoms with Crippen LogP contribution in [0, 0.1) is 0 Å². The van der Waals surface area contributed by atoms with E-state index in [-0.39, 0.29) is 0 Å². The van der Waals surface area contributed by atoms with Gasteiger partial charge in [0, 0.05) is 26.0 Å². The number of nitrogens with one attached hydrogen (secondary N) is 2. The molecule has 2 rings (SSSR count). The number of guanidine groups is 1. The van der Waals surface area contributed by atoms with Gasteiger partial charge < -0.3 is 20.1 Å². The smallest absolute Gasteiger partial charge is 0.191 e. The molecule has 0 fully saturated rings. The molecule has 0 aliphatic carbocycles. The molecule has 0 spiro atoms. The van der Waals surface area contributed by atoms with Gasteiger partial charge in [-0.15, -0.1) is 0 Å². The van der Waals surface area contributed by atoms with Gasteiger partial charge in [0.05, 0.1) is 25.9 Å². The number of aromatic nitrogens is 1. The normalized spacial score (nSPS) is 11.2. The summed E-state index contributed by atoms with van der Waals surface area (Å²) in [4.78, 5) is 9.00. The van der Waals surface area contributed by atoms with Crippen molar-refractivity contribution < 1.29 is 9.47 Å². The van der Waals surface area contributed by atoms with Crippen LogP contribution in [-0.2, 0) is 17.8 Å². The quantitative estimate of drug-likeness (QED) is 0.389. The zero-order chi connectivity index (χ0) is 18.5. The highest BCUT2D eigenvalue weighted by molar-refractivity contribution is 5.79. The fourth-order valence-corrected chi connectivity index (χ4v) is 2.28. The van der Waals surface area contributed by atoms with Gasteiger partial charge in [-0.2, -0.15) is 0 Å². The Balaban J connectivity index is 1.91. The molecule has 0 unspecified atom stereocenters. The van der Waals surface area contributed by atoms with Crippen molar-refractivity contribution in [1.29, 1.82) is 0 Å². The molecule has 6 nitrogen and oxygen atoms in total. The lowest BCUT2D eigenvalue weighted by molar-refractivity contribution is 0.145. The summed E-state index contributed by atoms with van der Waals surface area (Å²) >= 11 is 0. The first kappa shape index (κ1) is 19.7. The van der Waals surface area contributed by atoms with Crippen LogP contribution in [0.1, 0.15) is 24.6 Å². The van der Waals surface area contributed by atoms with Gasteiger partial charge in [-0.05, 0) is 43.2 Å². The first-order chi connectivity index (χ1) is 12.8. The zero-order valence-corrected chi connectivity index (χ0v) is 15.6. The van der Waals surface area contributed by atoms with E-state index in [0.29, 0.717) is 13.1 Å². The minimum absolute atomic E-state index is 0.590. The summed E-state index contributed by atoms with van der Waals surface area (Å²) in [6, 6.07) is 13.8. The van der Waals surface area contributed by atoms with Crippen molar-refractivity contribution >= 4 is 5.96 Å². The predicted molar refractivity (Wildman–Crippen MR) is 104 cm³/mol. The number of hydrogen-bond acceptors (Lipinski definition) is 4. The summed E-state index contributed by atoms with van der Waals surface area (Å²) in [5, 5.41) is 6.68. The molecule has 140 valence electrons. The van der Waals surface area contributed by atoms with E-state index in [4.69, 9.17) is 9.47 Å². The van der Waals surface area contributed by atoms with Crippen molar-refractivity contribution in [1.82, 2.24) is 15.6 Å². The Labute approximate surface area is 155 Å². The summed E-state index contributed by atoms with van der Waals surface area (Å²) in [6.45, 7) is 5.51.